The maximum absolute atomic E-state index is 11.3. The van der Waals surface area contributed by atoms with Crippen LogP contribution < -0.4 is 10.1 Å². The topological polar surface area (TPSA) is 55.4 Å². The molecule has 0 unspecified atom stereocenters. The average Bonchev–Trinajstić information content (AvgIpc) is 2.58. The zero-order valence-corrected chi connectivity index (χ0v) is 11.8. The SMILES string of the molecule is COc1ccc(C=C2SC(=O)NC2=O)cc1I. The summed E-state index contributed by atoms with van der Waals surface area (Å²) in [7, 11) is 1.61. The minimum Gasteiger partial charge on any atom is -0.496 e. The first-order chi connectivity index (χ1) is 8.10. The van der Waals surface area contributed by atoms with Crippen molar-refractivity contribution in [1.29, 1.82) is 0 Å². The number of halogens is 1. The zero-order chi connectivity index (χ0) is 12.4. The first-order valence-electron chi connectivity index (χ1n) is 4.68. The van der Waals surface area contributed by atoms with Crippen molar-refractivity contribution in [3.63, 3.8) is 0 Å². The van der Waals surface area contributed by atoms with Gasteiger partial charge in [-0.3, -0.25) is 14.9 Å². The van der Waals surface area contributed by atoms with Crippen LogP contribution in [-0.2, 0) is 4.79 Å². The van der Waals surface area contributed by atoms with Crippen molar-refractivity contribution in [3.05, 3.63) is 32.2 Å². The van der Waals surface area contributed by atoms with Crippen LogP contribution in [0, 0.1) is 3.57 Å². The summed E-state index contributed by atoms with van der Waals surface area (Å²) in [6.07, 6.45) is 1.69. The standard InChI is InChI=1S/C11H8INO3S/c1-16-8-3-2-6(4-7(8)12)5-9-10(14)13-11(15)17-9/h2-5H,1H3,(H,13,14,15). The zero-order valence-electron chi connectivity index (χ0n) is 8.82. The largest absolute Gasteiger partial charge is 0.496 e. The first kappa shape index (κ1) is 12.4. The highest BCUT2D eigenvalue weighted by Gasteiger charge is 2.24. The van der Waals surface area contributed by atoms with Gasteiger partial charge in [0, 0.05) is 0 Å². The van der Waals surface area contributed by atoms with Crippen LogP contribution in [0.4, 0.5) is 4.79 Å². The Labute approximate surface area is 116 Å². The van der Waals surface area contributed by atoms with E-state index in [9.17, 15) is 9.59 Å². The molecular weight excluding hydrogens is 353 g/mol. The molecular formula is C11H8INO3S. The van der Waals surface area contributed by atoms with Crippen LogP contribution in [0.15, 0.2) is 23.1 Å². The Morgan fingerprint density at radius 1 is 1.41 bits per heavy atom. The Morgan fingerprint density at radius 3 is 2.71 bits per heavy atom. The maximum atomic E-state index is 11.3. The van der Waals surface area contributed by atoms with Gasteiger partial charge in [-0.05, 0) is 58.1 Å². The predicted octanol–water partition coefficient (Wildman–Crippen LogP) is 2.62. The van der Waals surface area contributed by atoms with E-state index >= 15 is 0 Å². The molecule has 4 nitrogen and oxygen atoms in total. The predicted molar refractivity (Wildman–Crippen MR) is 74.8 cm³/mol. The summed E-state index contributed by atoms with van der Waals surface area (Å²) in [4.78, 5) is 22.8. The number of amides is 2. The van der Waals surface area contributed by atoms with E-state index in [1.54, 1.807) is 13.2 Å². The van der Waals surface area contributed by atoms with Crippen LogP contribution in [0.5, 0.6) is 5.75 Å². The lowest BCUT2D eigenvalue weighted by Gasteiger charge is -2.03. The Balaban J connectivity index is 2.30. The van der Waals surface area contributed by atoms with Gasteiger partial charge in [-0.2, -0.15) is 0 Å². The van der Waals surface area contributed by atoms with Crippen molar-refractivity contribution in [2.24, 2.45) is 0 Å². The fourth-order valence-corrected chi connectivity index (χ4v) is 2.79. The van der Waals surface area contributed by atoms with Crippen LogP contribution in [-0.4, -0.2) is 18.3 Å². The number of carbonyl (C=O) groups is 2. The number of benzene rings is 1. The minimum absolute atomic E-state index is 0.329. The van der Waals surface area contributed by atoms with Crippen molar-refractivity contribution in [2.45, 2.75) is 0 Å². The normalized spacial score (nSPS) is 17.4. The first-order valence-corrected chi connectivity index (χ1v) is 6.58. The van der Waals surface area contributed by atoms with E-state index in [1.165, 1.54) is 0 Å². The molecule has 0 spiro atoms. The molecule has 1 aliphatic heterocycles. The van der Waals surface area contributed by atoms with Gasteiger partial charge in [0.25, 0.3) is 11.1 Å². The maximum Gasteiger partial charge on any atom is 0.290 e. The second kappa shape index (κ2) is 5.09. The number of rotatable bonds is 2. The molecule has 1 aromatic rings. The summed E-state index contributed by atoms with van der Waals surface area (Å²) < 4.78 is 6.09. The lowest BCUT2D eigenvalue weighted by Crippen LogP contribution is -2.17. The third-order valence-corrected chi connectivity index (χ3v) is 3.77. The van der Waals surface area contributed by atoms with E-state index in [1.807, 2.05) is 18.2 Å². The molecule has 1 N–H and O–H groups in total. The second-order valence-electron chi connectivity index (χ2n) is 3.25. The monoisotopic (exact) mass is 361 g/mol. The molecule has 0 bridgehead atoms. The fraction of sp³-hybridized carbons (Fsp3) is 0.0909. The van der Waals surface area contributed by atoms with E-state index < -0.39 is 0 Å². The molecule has 1 saturated heterocycles. The molecule has 1 heterocycles. The van der Waals surface area contributed by atoms with Gasteiger partial charge in [0.2, 0.25) is 0 Å². The number of carbonyl (C=O) groups excluding carboxylic acids is 2. The Morgan fingerprint density at radius 2 is 2.18 bits per heavy atom. The van der Waals surface area contributed by atoms with Gasteiger partial charge in [0.15, 0.2) is 0 Å². The summed E-state index contributed by atoms with van der Waals surface area (Å²) in [5.41, 5.74) is 0.863. The molecule has 6 heteroatoms. The summed E-state index contributed by atoms with van der Waals surface area (Å²) >= 11 is 3.07. The highest BCUT2D eigenvalue weighted by Crippen LogP contribution is 2.28. The molecule has 0 aliphatic carbocycles. The van der Waals surface area contributed by atoms with Crippen LogP contribution in [0.1, 0.15) is 5.56 Å². The van der Waals surface area contributed by atoms with E-state index in [0.717, 1.165) is 26.6 Å². The summed E-state index contributed by atoms with van der Waals surface area (Å²) in [5, 5.41) is 1.89. The molecule has 17 heavy (non-hydrogen) atoms. The smallest absolute Gasteiger partial charge is 0.290 e. The van der Waals surface area contributed by atoms with Gasteiger partial charge < -0.3 is 4.74 Å². The molecule has 0 radical (unpaired) electrons. The number of thioether (sulfide) groups is 1. The number of hydrogen-bond acceptors (Lipinski definition) is 4. The fourth-order valence-electron chi connectivity index (χ4n) is 1.34. The van der Waals surface area contributed by atoms with Crippen LogP contribution in [0.3, 0.4) is 0 Å². The van der Waals surface area contributed by atoms with Crippen molar-refractivity contribution >= 4 is 51.6 Å². The van der Waals surface area contributed by atoms with Crippen LogP contribution in [0.2, 0.25) is 0 Å². The Kier molecular flexibility index (Phi) is 3.72. The molecule has 1 fully saturated rings. The molecule has 2 rings (SSSR count). The van der Waals surface area contributed by atoms with Gasteiger partial charge in [-0.15, -0.1) is 0 Å². The molecule has 0 aromatic heterocycles. The number of nitrogens with one attached hydrogen (secondary N) is 1. The van der Waals surface area contributed by atoms with Crippen molar-refractivity contribution in [1.82, 2.24) is 5.32 Å². The third-order valence-electron chi connectivity index (χ3n) is 2.12. The lowest BCUT2D eigenvalue weighted by atomic mass is 10.2. The number of hydrogen-bond donors (Lipinski definition) is 1. The van der Waals surface area contributed by atoms with Crippen molar-refractivity contribution in [3.8, 4) is 5.75 Å². The molecule has 0 saturated carbocycles. The molecule has 1 aromatic carbocycles. The quantitative estimate of drug-likeness (QED) is 0.650. The number of ether oxygens (including phenoxy) is 1. The average molecular weight is 361 g/mol. The molecule has 2 amide bonds. The van der Waals surface area contributed by atoms with Gasteiger partial charge in [-0.1, -0.05) is 6.07 Å². The second-order valence-corrected chi connectivity index (χ2v) is 5.42. The third kappa shape index (κ3) is 2.81. The Hall–Kier alpha value is -1.02. The number of imide groups is 1. The van der Waals surface area contributed by atoms with Gasteiger partial charge >= 0.3 is 0 Å². The van der Waals surface area contributed by atoms with Crippen molar-refractivity contribution < 1.29 is 14.3 Å². The van der Waals surface area contributed by atoms with Crippen LogP contribution >= 0.6 is 34.4 Å². The van der Waals surface area contributed by atoms with Gasteiger partial charge in [0.1, 0.15) is 5.75 Å². The van der Waals surface area contributed by atoms with E-state index in [4.69, 9.17) is 4.74 Å². The highest BCUT2D eigenvalue weighted by molar-refractivity contribution is 14.1. The highest BCUT2D eigenvalue weighted by atomic mass is 127. The molecule has 0 atom stereocenters. The minimum atomic E-state index is -0.342. The van der Waals surface area contributed by atoms with E-state index in [0.29, 0.717) is 4.91 Å². The van der Waals surface area contributed by atoms with Crippen LogP contribution in [0.25, 0.3) is 6.08 Å². The van der Waals surface area contributed by atoms with E-state index in [-0.39, 0.29) is 11.1 Å². The van der Waals surface area contributed by atoms with Gasteiger partial charge in [-0.25, -0.2) is 0 Å². The Bertz CT molecular complexity index is 527. The summed E-state index contributed by atoms with van der Waals surface area (Å²) in [6, 6.07) is 5.56. The van der Waals surface area contributed by atoms with Gasteiger partial charge in [0.05, 0.1) is 15.6 Å². The molecule has 88 valence electrons. The van der Waals surface area contributed by atoms with Crippen molar-refractivity contribution in [2.75, 3.05) is 7.11 Å². The number of methoxy groups -OCH3 is 1. The molecule has 1 aliphatic rings. The lowest BCUT2D eigenvalue weighted by molar-refractivity contribution is -0.115. The summed E-state index contributed by atoms with van der Waals surface area (Å²) in [5.74, 6) is 0.443. The van der Waals surface area contributed by atoms with E-state index in [2.05, 4.69) is 27.9 Å². The summed E-state index contributed by atoms with van der Waals surface area (Å²) in [6.45, 7) is 0.